The van der Waals surface area contributed by atoms with E-state index in [9.17, 15) is 9.59 Å². The lowest BCUT2D eigenvalue weighted by Crippen LogP contribution is -2.18. The van der Waals surface area contributed by atoms with Gasteiger partial charge in [-0.25, -0.2) is 0 Å². The van der Waals surface area contributed by atoms with Gasteiger partial charge in [0, 0.05) is 17.2 Å². The normalized spacial score (nSPS) is 14.4. The fourth-order valence-corrected chi connectivity index (χ4v) is 1.92. The number of ether oxygens (including phenoxy) is 1. The zero-order chi connectivity index (χ0) is 12.6. The van der Waals surface area contributed by atoms with Crippen molar-refractivity contribution in [2.45, 2.75) is 6.92 Å². The first-order valence-corrected chi connectivity index (χ1v) is 5.72. The van der Waals surface area contributed by atoms with Gasteiger partial charge in [-0.1, -0.05) is 23.2 Å². The quantitative estimate of drug-likeness (QED) is 0.828. The minimum atomic E-state index is -0.347. The number of allylic oxidation sites excluding steroid dienone is 2. The summed E-state index contributed by atoms with van der Waals surface area (Å²) in [5.41, 5.74) is 0.489. The van der Waals surface area contributed by atoms with Crippen LogP contribution in [0.1, 0.15) is 27.6 Å². The zero-order valence-electron chi connectivity index (χ0n) is 8.92. The molecule has 0 bridgehead atoms. The summed E-state index contributed by atoms with van der Waals surface area (Å²) in [4.78, 5) is 23.7. The van der Waals surface area contributed by atoms with Gasteiger partial charge >= 0.3 is 0 Å². The minimum absolute atomic E-state index is 0.0448. The average Bonchev–Trinajstić information content (AvgIpc) is 2.29. The number of hydrogen-bond donors (Lipinski definition) is 0. The Labute approximate surface area is 108 Å². The van der Waals surface area contributed by atoms with E-state index in [2.05, 4.69) is 0 Å². The molecule has 88 valence electrons. The zero-order valence-corrected chi connectivity index (χ0v) is 10.4. The molecule has 0 amide bonds. The molecular formula is C12H8Cl2O3. The maximum absolute atomic E-state index is 12.0. The van der Waals surface area contributed by atoms with E-state index >= 15 is 0 Å². The molecule has 0 saturated carbocycles. The molecule has 0 N–H and O–H groups in total. The number of rotatable bonds is 2. The molecule has 0 saturated heterocycles. The molecule has 0 spiro atoms. The molecular weight excluding hydrogens is 263 g/mol. The third-order valence-corrected chi connectivity index (χ3v) is 3.08. The van der Waals surface area contributed by atoms with E-state index in [0.29, 0.717) is 6.61 Å². The van der Waals surface area contributed by atoms with E-state index in [1.807, 2.05) is 0 Å². The number of carbonyl (C=O) groups excluding carboxylic acids is 2. The Hall–Kier alpha value is -1.32. The van der Waals surface area contributed by atoms with Crippen molar-refractivity contribution in [1.29, 1.82) is 0 Å². The molecule has 0 aromatic heterocycles. The highest BCUT2D eigenvalue weighted by Gasteiger charge is 2.27. The fourth-order valence-electron chi connectivity index (χ4n) is 1.60. The predicted octanol–water partition coefficient (Wildman–Crippen LogP) is 3.29. The van der Waals surface area contributed by atoms with Crippen LogP contribution in [-0.4, -0.2) is 18.2 Å². The van der Waals surface area contributed by atoms with E-state index in [1.54, 1.807) is 6.92 Å². The first-order valence-electron chi connectivity index (χ1n) is 4.97. The molecule has 0 unspecified atom stereocenters. The van der Waals surface area contributed by atoms with Gasteiger partial charge in [0.15, 0.2) is 11.5 Å². The summed E-state index contributed by atoms with van der Waals surface area (Å²) >= 11 is 11.6. The molecule has 0 aliphatic heterocycles. The van der Waals surface area contributed by atoms with E-state index in [4.69, 9.17) is 27.9 Å². The molecule has 0 fully saturated rings. The first-order chi connectivity index (χ1) is 8.04. The lowest BCUT2D eigenvalue weighted by molar-refractivity contribution is 0.0892. The first kappa shape index (κ1) is 12.1. The van der Waals surface area contributed by atoms with Crippen LogP contribution in [0.15, 0.2) is 24.0 Å². The Bertz CT molecular complexity index is 547. The highest BCUT2D eigenvalue weighted by Crippen LogP contribution is 2.30. The monoisotopic (exact) mass is 270 g/mol. The van der Waals surface area contributed by atoms with Gasteiger partial charge in [-0.2, -0.15) is 0 Å². The van der Waals surface area contributed by atoms with Crippen LogP contribution < -0.4 is 0 Å². The number of benzene rings is 1. The van der Waals surface area contributed by atoms with Crippen molar-refractivity contribution < 1.29 is 14.3 Å². The minimum Gasteiger partial charge on any atom is -0.490 e. The Morgan fingerprint density at radius 3 is 2.29 bits per heavy atom. The van der Waals surface area contributed by atoms with Crippen molar-refractivity contribution in [2.24, 2.45) is 0 Å². The molecule has 0 atom stereocenters. The number of fused-ring (bicyclic) bond motifs is 1. The van der Waals surface area contributed by atoms with E-state index < -0.39 is 0 Å². The summed E-state index contributed by atoms with van der Waals surface area (Å²) in [6.45, 7) is 2.06. The summed E-state index contributed by atoms with van der Waals surface area (Å²) in [6, 6.07) is 2.80. The maximum atomic E-state index is 12.0. The Balaban J connectivity index is 2.56. The van der Waals surface area contributed by atoms with E-state index in [1.165, 1.54) is 18.2 Å². The molecule has 2 rings (SSSR count). The summed E-state index contributed by atoms with van der Waals surface area (Å²) in [6.07, 6.45) is 1.18. The van der Waals surface area contributed by atoms with Crippen molar-refractivity contribution >= 4 is 34.8 Å². The Morgan fingerprint density at radius 2 is 1.71 bits per heavy atom. The van der Waals surface area contributed by atoms with Crippen LogP contribution in [0.3, 0.4) is 0 Å². The van der Waals surface area contributed by atoms with Gasteiger partial charge in [0.25, 0.3) is 0 Å². The highest BCUT2D eigenvalue weighted by atomic mass is 35.5. The molecule has 1 aliphatic carbocycles. The van der Waals surface area contributed by atoms with Crippen molar-refractivity contribution in [2.75, 3.05) is 6.61 Å². The van der Waals surface area contributed by atoms with Gasteiger partial charge in [-0.3, -0.25) is 9.59 Å². The largest absolute Gasteiger partial charge is 0.490 e. The molecule has 5 heteroatoms. The van der Waals surface area contributed by atoms with Crippen molar-refractivity contribution in [1.82, 2.24) is 0 Å². The van der Waals surface area contributed by atoms with E-state index in [-0.39, 0.29) is 38.5 Å². The number of carbonyl (C=O) groups is 2. The van der Waals surface area contributed by atoms with Gasteiger partial charge in [0.1, 0.15) is 0 Å². The Kier molecular flexibility index (Phi) is 3.22. The second-order valence-electron chi connectivity index (χ2n) is 3.45. The lowest BCUT2D eigenvalue weighted by Gasteiger charge is -2.15. The van der Waals surface area contributed by atoms with Crippen LogP contribution in [0.4, 0.5) is 0 Å². The van der Waals surface area contributed by atoms with Gasteiger partial charge < -0.3 is 4.74 Å². The smallest absolute Gasteiger partial charge is 0.228 e. The number of Topliss-reactive ketones (excluding diaryl/α,β-unsaturated/α-hetero) is 1. The summed E-state index contributed by atoms with van der Waals surface area (Å²) in [7, 11) is 0. The highest BCUT2D eigenvalue weighted by molar-refractivity contribution is 6.43. The number of hydrogen-bond acceptors (Lipinski definition) is 3. The summed E-state index contributed by atoms with van der Waals surface area (Å²) in [5.74, 6) is -0.606. The average molecular weight is 271 g/mol. The summed E-state index contributed by atoms with van der Waals surface area (Å²) < 4.78 is 5.11. The molecule has 3 nitrogen and oxygen atoms in total. The standard InChI is InChI=1S/C12H8Cl2O3/c1-2-17-11-5-10(15)6-3-8(13)9(14)4-7(6)12(11)16/h3-5H,2H2,1H3. The molecule has 0 heterocycles. The predicted molar refractivity (Wildman–Crippen MR) is 64.8 cm³/mol. The third-order valence-electron chi connectivity index (χ3n) is 2.36. The Morgan fingerprint density at radius 1 is 1.12 bits per heavy atom. The maximum Gasteiger partial charge on any atom is 0.228 e. The van der Waals surface area contributed by atoms with Gasteiger partial charge in [-0.15, -0.1) is 0 Å². The topological polar surface area (TPSA) is 43.4 Å². The third kappa shape index (κ3) is 2.08. The second-order valence-corrected chi connectivity index (χ2v) is 4.26. The van der Waals surface area contributed by atoms with Gasteiger partial charge in [-0.05, 0) is 19.1 Å². The molecule has 0 radical (unpaired) electrons. The van der Waals surface area contributed by atoms with Crippen LogP contribution in [0.5, 0.6) is 0 Å². The lowest BCUT2D eigenvalue weighted by atomic mass is 9.93. The van der Waals surface area contributed by atoms with Crippen LogP contribution in [0.2, 0.25) is 10.0 Å². The SMILES string of the molecule is CCOC1=CC(=O)c2cc(Cl)c(Cl)cc2C1=O. The summed E-state index contributed by atoms with van der Waals surface area (Å²) in [5, 5.41) is 0.490. The van der Waals surface area contributed by atoms with Crippen molar-refractivity contribution in [3.05, 3.63) is 45.1 Å². The number of ketones is 2. The fraction of sp³-hybridized carbons (Fsp3) is 0.167. The molecule has 1 aliphatic rings. The van der Waals surface area contributed by atoms with Crippen LogP contribution in [-0.2, 0) is 4.74 Å². The molecule has 1 aromatic carbocycles. The van der Waals surface area contributed by atoms with Crippen LogP contribution >= 0.6 is 23.2 Å². The van der Waals surface area contributed by atoms with Gasteiger partial charge in [0.05, 0.1) is 16.7 Å². The van der Waals surface area contributed by atoms with Crippen molar-refractivity contribution in [3.8, 4) is 0 Å². The molecule has 17 heavy (non-hydrogen) atoms. The number of halogens is 2. The molecule has 1 aromatic rings. The van der Waals surface area contributed by atoms with Gasteiger partial charge in [0.2, 0.25) is 5.78 Å². The van der Waals surface area contributed by atoms with Crippen molar-refractivity contribution in [3.63, 3.8) is 0 Å². The van der Waals surface area contributed by atoms with Crippen LogP contribution in [0, 0.1) is 0 Å². The van der Waals surface area contributed by atoms with Crippen LogP contribution in [0.25, 0.3) is 0 Å². The van der Waals surface area contributed by atoms with E-state index in [0.717, 1.165) is 0 Å². The second kappa shape index (κ2) is 4.51.